The molecule has 1 amide bonds. The number of sulfonamides is 1. The van der Waals surface area contributed by atoms with E-state index >= 15 is 0 Å². The first kappa shape index (κ1) is 21.2. The lowest BCUT2D eigenvalue weighted by Gasteiger charge is -2.08. The number of hydrogen-bond acceptors (Lipinski definition) is 6. The Labute approximate surface area is 193 Å². The number of carbonyl (C=O) groups excluding carboxylic acids is 1. The summed E-state index contributed by atoms with van der Waals surface area (Å²) >= 11 is 1.37. The molecule has 0 atom stereocenters. The quantitative estimate of drug-likeness (QED) is 0.478. The first-order valence-corrected chi connectivity index (χ1v) is 12.3. The molecule has 5 rings (SSSR count). The predicted molar refractivity (Wildman–Crippen MR) is 125 cm³/mol. The van der Waals surface area contributed by atoms with Crippen molar-refractivity contribution in [2.45, 2.75) is 11.8 Å². The number of thiazole rings is 1. The highest BCUT2D eigenvalue weighted by molar-refractivity contribution is 7.92. The third-order valence-electron chi connectivity index (χ3n) is 5.22. The summed E-state index contributed by atoms with van der Waals surface area (Å²) in [5, 5.41) is 0. The Bertz CT molecular complexity index is 1550. The van der Waals surface area contributed by atoms with Gasteiger partial charge < -0.3 is 14.0 Å². The largest absolute Gasteiger partial charge is 0.454 e. The lowest BCUT2D eigenvalue weighted by atomic mass is 10.2. The Morgan fingerprint density at radius 1 is 1.03 bits per heavy atom. The second-order valence-corrected chi connectivity index (χ2v) is 10.2. The van der Waals surface area contributed by atoms with Gasteiger partial charge in [-0.2, -0.15) is 4.99 Å². The number of nitrogens with zero attached hydrogens (tertiary/aromatic N) is 2. The number of aryl methyl sites for hydroxylation is 2. The molecule has 0 radical (unpaired) electrons. The van der Waals surface area contributed by atoms with Gasteiger partial charge in [0.25, 0.3) is 15.9 Å². The third-order valence-corrected chi connectivity index (χ3v) is 7.71. The van der Waals surface area contributed by atoms with E-state index in [1.54, 1.807) is 48.5 Å². The molecule has 0 spiro atoms. The highest BCUT2D eigenvalue weighted by Gasteiger charge is 2.17. The van der Waals surface area contributed by atoms with Crippen LogP contribution in [0.3, 0.4) is 0 Å². The average molecular weight is 482 g/mol. The molecule has 2 heterocycles. The monoisotopic (exact) mass is 481 g/mol. The number of benzene rings is 3. The van der Waals surface area contributed by atoms with Crippen molar-refractivity contribution in [3.63, 3.8) is 0 Å². The topological polar surface area (TPSA) is 99.0 Å². The number of ether oxygens (including phenoxy) is 2. The minimum atomic E-state index is -3.72. The van der Waals surface area contributed by atoms with E-state index in [1.807, 2.05) is 30.7 Å². The van der Waals surface area contributed by atoms with Gasteiger partial charge in [0.05, 0.1) is 15.1 Å². The number of hydrogen-bond donors (Lipinski definition) is 1. The number of amides is 1. The molecule has 0 saturated heterocycles. The standard InChI is InChI=1S/C23H19N3O5S2/c1-14-3-9-17(10-4-14)33(28,29)25-16-7-5-15(6-8-16)22(27)24-23-26(2)18-11-19-20(31-13-30-19)12-21(18)32-23/h3-12,25H,13H2,1-2H3. The van der Waals surface area contributed by atoms with Crippen LogP contribution in [0, 0.1) is 6.92 Å². The summed E-state index contributed by atoms with van der Waals surface area (Å²) in [7, 11) is -1.89. The molecule has 1 aromatic heterocycles. The van der Waals surface area contributed by atoms with Gasteiger partial charge in [-0.15, -0.1) is 0 Å². The number of rotatable bonds is 4. The Hall–Kier alpha value is -3.63. The molecule has 3 aromatic carbocycles. The Morgan fingerprint density at radius 2 is 1.70 bits per heavy atom. The second kappa shape index (κ2) is 8.05. The van der Waals surface area contributed by atoms with Gasteiger partial charge >= 0.3 is 0 Å². The molecule has 1 aliphatic rings. The van der Waals surface area contributed by atoms with Crippen LogP contribution < -0.4 is 19.0 Å². The highest BCUT2D eigenvalue weighted by Crippen LogP contribution is 2.36. The first-order chi connectivity index (χ1) is 15.8. The van der Waals surface area contributed by atoms with Crippen molar-refractivity contribution >= 4 is 43.2 Å². The minimum Gasteiger partial charge on any atom is -0.454 e. The van der Waals surface area contributed by atoms with Gasteiger partial charge in [-0.05, 0) is 43.3 Å². The third kappa shape index (κ3) is 4.10. The van der Waals surface area contributed by atoms with Crippen LogP contribution in [0.2, 0.25) is 0 Å². The Kier molecular flexibility index (Phi) is 5.18. The van der Waals surface area contributed by atoms with Crippen molar-refractivity contribution < 1.29 is 22.7 Å². The van der Waals surface area contributed by atoms with Crippen molar-refractivity contribution in [1.82, 2.24) is 4.57 Å². The van der Waals surface area contributed by atoms with Crippen molar-refractivity contribution in [3.8, 4) is 11.5 Å². The summed E-state index contributed by atoms with van der Waals surface area (Å²) in [6.45, 7) is 2.08. The second-order valence-electron chi connectivity index (χ2n) is 7.53. The fourth-order valence-electron chi connectivity index (χ4n) is 3.39. The van der Waals surface area contributed by atoms with Gasteiger partial charge in [0, 0.05) is 30.4 Å². The van der Waals surface area contributed by atoms with Crippen molar-refractivity contribution in [2.24, 2.45) is 12.0 Å². The maximum atomic E-state index is 12.7. The van der Waals surface area contributed by atoms with Gasteiger partial charge in [0.1, 0.15) is 0 Å². The zero-order valence-electron chi connectivity index (χ0n) is 17.7. The normalized spacial score (nSPS) is 13.5. The van der Waals surface area contributed by atoms with Gasteiger partial charge in [-0.3, -0.25) is 9.52 Å². The van der Waals surface area contributed by atoms with Crippen LogP contribution in [-0.2, 0) is 17.1 Å². The molecule has 0 fully saturated rings. The SMILES string of the molecule is Cc1ccc(S(=O)(=O)Nc2ccc(C(=O)N=c3sc4cc5c(cc4n3C)OCO5)cc2)cc1. The van der Waals surface area contributed by atoms with E-state index in [-0.39, 0.29) is 11.7 Å². The van der Waals surface area contributed by atoms with Gasteiger partial charge in [-0.1, -0.05) is 29.0 Å². The van der Waals surface area contributed by atoms with Crippen LogP contribution in [0.15, 0.2) is 70.6 Å². The van der Waals surface area contributed by atoms with E-state index < -0.39 is 15.9 Å². The lowest BCUT2D eigenvalue weighted by Crippen LogP contribution is -2.14. The van der Waals surface area contributed by atoms with Crippen LogP contribution in [-0.4, -0.2) is 25.7 Å². The molecule has 168 valence electrons. The summed E-state index contributed by atoms with van der Waals surface area (Å²) in [5.41, 5.74) is 2.56. The molecule has 8 nitrogen and oxygen atoms in total. The molecule has 10 heteroatoms. The molecular formula is C23H19N3O5S2. The van der Waals surface area contributed by atoms with Crippen molar-refractivity contribution in [3.05, 3.63) is 76.6 Å². The highest BCUT2D eigenvalue weighted by atomic mass is 32.2. The van der Waals surface area contributed by atoms with Gasteiger partial charge in [0.2, 0.25) is 6.79 Å². The average Bonchev–Trinajstić information content (AvgIpc) is 3.36. The zero-order valence-corrected chi connectivity index (χ0v) is 19.4. The van der Waals surface area contributed by atoms with Gasteiger partial charge in [0.15, 0.2) is 16.3 Å². The Balaban J connectivity index is 1.38. The summed E-state index contributed by atoms with van der Waals surface area (Å²) in [6.07, 6.45) is 0. The van der Waals surface area contributed by atoms with Crippen LogP contribution in [0.4, 0.5) is 5.69 Å². The van der Waals surface area contributed by atoms with E-state index in [0.717, 1.165) is 15.8 Å². The molecule has 4 aromatic rings. The van der Waals surface area contributed by atoms with Crippen molar-refractivity contribution in [2.75, 3.05) is 11.5 Å². The molecule has 0 bridgehead atoms. The molecule has 33 heavy (non-hydrogen) atoms. The van der Waals surface area contributed by atoms with Crippen LogP contribution in [0.1, 0.15) is 15.9 Å². The maximum absolute atomic E-state index is 12.7. The lowest BCUT2D eigenvalue weighted by molar-refractivity contribution is 0.0998. The molecule has 0 aliphatic carbocycles. The van der Waals surface area contributed by atoms with E-state index in [4.69, 9.17) is 9.47 Å². The summed E-state index contributed by atoms with van der Waals surface area (Å²) in [5.74, 6) is 0.911. The number of anilines is 1. The van der Waals surface area contributed by atoms with Crippen LogP contribution in [0.25, 0.3) is 10.2 Å². The van der Waals surface area contributed by atoms with Crippen molar-refractivity contribution in [1.29, 1.82) is 0 Å². The smallest absolute Gasteiger partial charge is 0.279 e. The number of carbonyl (C=O) groups is 1. The molecule has 0 unspecified atom stereocenters. The maximum Gasteiger partial charge on any atom is 0.279 e. The summed E-state index contributed by atoms with van der Waals surface area (Å²) < 4.78 is 41.2. The molecule has 1 N–H and O–H groups in total. The van der Waals surface area contributed by atoms with E-state index in [1.165, 1.54) is 11.3 Å². The predicted octanol–water partition coefficient (Wildman–Crippen LogP) is 3.82. The number of aromatic nitrogens is 1. The van der Waals surface area contributed by atoms with E-state index in [9.17, 15) is 13.2 Å². The van der Waals surface area contributed by atoms with Gasteiger partial charge in [-0.25, -0.2) is 8.42 Å². The van der Waals surface area contributed by atoms with E-state index in [0.29, 0.717) is 27.6 Å². The number of nitrogens with one attached hydrogen (secondary N) is 1. The number of fused-ring (bicyclic) bond motifs is 2. The minimum absolute atomic E-state index is 0.169. The first-order valence-electron chi connectivity index (χ1n) is 9.98. The molecule has 1 aliphatic heterocycles. The summed E-state index contributed by atoms with van der Waals surface area (Å²) in [4.78, 5) is 17.7. The van der Waals surface area contributed by atoms with Crippen LogP contribution in [0.5, 0.6) is 11.5 Å². The Morgan fingerprint density at radius 3 is 2.39 bits per heavy atom. The fraction of sp³-hybridized carbons (Fsp3) is 0.130. The zero-order chi connectivity index (χ0) is 23.2. The molecule has 0 saturated carbocycles. The summed E-state index contributed by atoms with van der Waals surface area (Å²) in [6, 6.07) is 16.5. The van der Waals surface area contributed by atoms with Crippen LogP contribution >= 0.6 is 11.3 Å². The molecular weight excluding hydrogens is 462 g/mol. The fourth-order valence-corrected chi connectivity index (χ4v) is 5.47. The van der Waals surface area contributed by atoms with E-state index in [2.05, 4.69) is 9.71 Å².